The molecule has 21 heavy (non-hydrogen) atoms. The first-order valence-corrected chi connectivity index (χ1v) is 7.60. The lowest BCUT2D eigenvalue weighted by Crippen LogP contribution is -2.46. The molecule has 1 atom stereocenters. The molecule has 0 bridgehead atoms. The molecule has 1 fully saturated rings. The summed E-state index contributed by atoms with van der Waals surface area (Å²) in [6, 6.07) is 6.44. The van der Waals surface area contributed by atoms with E-state index in [1.807, 2.05) is 13.0 Å². The number of carbonyl (C=O) groups excluding carboxylic acids is 1. The Morgan fingerprint density at radius 1 is 1.43 bits per heavy atom. The normalized spacial score (nSPS) is 17.4. The fourth-order valence-corrected chi connectivity index (χ4v) is 2.56. The number of halogens is 1. The van der Waals surface area contributed by atoms with Crippen molar-refractivity contribution in [3.8, 4) is 0 Å². The SMILES string of the molecule is CC(Cc1cccc(F)c1)C(=O)NCCN1CCNCC1. The van der Waals surface area contributed by atoms with Crippen LogP contribution in [0.1, 0.15) is 12.5 Å². The van der Waals surface area contributed by atoms with Gasteiger partial charge in [-0.1, -0.05) is 19.1 Å². The number of hydrogen-bond donors (Lipinski definition) is 2. The molecule has 0 spiro atoms. The van der Waals surface area contributed by atoms with Crippen molar-refractivity contribution in [2.45, 2.75) is 13.3 Å². The van der Waals surface area contributed by atoms with Crippen LogP contribution in [0.25, 0.3) is 0 Å². The molecule has 1 aliphatic rings. The summed E-state index contributed by atoms with van der Waals surface area (Å²) in [7, 11) is 0. The number of nitrogens with zero attached hydrogens (tertiary/aromatic N) is 1. The van der Waals surface area contributed by atoms with Gasteiger partial charge in [0.1, 0.15) is 5.82 Å². The van der Waals surface area contributed by atoms with Crippen molar-refractivity contribution < 1.29 is 9.18 Å². The summed E-state index contributed by atoms with van der Waals surface area (Å²) < 4.78 is 13.1. The minimum Gasteiger partial charge on any atom is -0.355 e. The number of amides is 1. The molecule has 1 aromatic rings. The summed E-state index contributed by atoms with van der Waals surface area (Å²) >= 11 is 0. The van der Waals surface area contributed by atoms with E-state index >= 15 is 0 Å². The highest BCUT2D eigenvalue weighted by molar-refractivity contribution is 5.78. The molecule has 1 heterocycles. The highest BCUT2D eigenvalue weighted by Gasteiger charge is 2.14. The van der Waals surface area contributed by atoms with Gasteiger partial charge in [0.05, 0.1) is 0 Å². The lowest BCUT2D eigenvalue weighted by Gasteiger charge is -2.27. The number of carbonyl (C=O) groups is 1. The van der Waals surface area contributed by atoms with Gasteiger partial charge in [-0.25, -0.2) is 4.39 Å². The summed E-state index contributed by atoms with van der Waals surface area (Å²) in [6.45, 7) is 7.55. The Hall–Kier alpha value is -1.46. The van der Waals surface area contributed by atoms with E-state index in [1.54, 1.807) is 6.07 Å². The quantitative estimate of drug-likeness (QED) is 0.823. The van der Waals surface area contributed by atoms with Gasteiger partial charge in [0, 0.05) is 45.2 Å². The molecule has 4 nitrogen and oxygen atoms in total. The Balaban J connectivity index is 1.69. The number of rotatable bonds is 6. The van der Waals surface area contributed by atoms with Crippen LogP contribution in [-0.4, -0.2) is 50.1 Å². The molecule has 0 aliphatic carbocycles. The van der Waals surface area contributed by atoms with Crippen LogP contribution < -0.4 is 10.6 Å². The summed E-state index contributed by atoms with van der Waals surface area (Å²) in [5.74, 6) is -0.358. The first-order chi connectivity index (χ1) is 10.1. The van der Waals surface area contributed by atoms with E-state index in [0.29, 0.717) is 13.0 Å². The van der Waals surface area contributed by atoms with Crippen molar-refractivity contribution in [3.05, 3.63) is 35.6 Å². The van der Waals surface area contributed by atoms with Crippen LogP contribution in [0.15, 0.2) is 24.3 Å². The Morgan fingerprint density at radius 2 is 2.19 bits per heavy atom. The van der Waals surface area contributed by atoms with Crippen molar-refractivity contribution in [3.63, 3.8) is 0 Å². The predicted molar refractivity (Wildman–Crippen MR) is 81.6 cm³/mol. The van der Waals surface area contributed by atoms with Crippen molar-refractivity contribution >= 4 is 5.91 Å². The zero-order chi connectivity index (χ0) is 15.1. The zero-order valence-electron chi connectivity index (χ0n) is 12.6. The number of hydrogen-bond acceptors (Lipinski definition) is 3. The first-order valence-electron chi connectivity index (χ1n) is 7.60. The molecule has 0 aromatic heterocycles. The predicted octanol–water partition coefficient (Wildman–Crippen LogP) is 1.03. The van der Waals surface area contributed by atoms with Crippen LogP contribution in [0.5, 0.6) is 0 Å². The van der Waals surface area contributed by atoms with Gasteiger partial charge < -0.3 is 10.6 Å². The third-order valence-electron chi connectivity index (χ3n) is 3.82. The molecule has 2 N–H and O–H groups in total. The molecule has 1 aromatic carbocycles. The van der Waals surface area contributed by atoms with Gasteiger partial charge >= 0.3 is 0 Å². The van der Waals surface area contributed by atoms with Gasteiger partial charge in [0.25, 0.3) is 0 Å². The van der Waals surface area contributed by atoms with E-state index in [4.69, 9.17) is 0 Å². The van der Waals surface area contributed by atoms with Crippen LogP contribution in [0, 0.1) is 11.7 Å². The maximum absolute atomic E-state index is 13.1. The molecule has 1 aliphatic heterocycles. The van der Waals surface area contributed by atoms with E-state index in [9.17, 15) is 9.18 Å². The molecule has 1 amide bonds. The third kappa shape index (κ3) is 5.44. The van der Waals surface area contributed by atoms with E-state index in [2.05, 4.69) is 15.5 Å². The van der Waals surface area contributed by atoms with Gasteiger partial charge in [-0.3, -0.25) is 9.69 Å². The van der Waals surface area contributed by atoms with Crippen molar-refractivity contribution in [1.82, 2.24) is 15.5 Å². The topological polar surface area (TPSA) is 44.4 Å². The molecule has 2 rings (SSSR count). The van der Waals surface area contributed by atoms with Gasteiger partial charge in [0.15, 0.2) is 0 Å². The molecule has 1 unspecified atom stereocenters. The highest BCUT2D eigenvalue weighted by Crippen LogP contribution is 2.10. The molecule has 0 saturated carbocycles. The van der Waals surface area contributed by atoms with Crippen LogP contribution in [0.2, 0.25) is 0 Å². The highest BCUT2D eigenvalue weighted by atomic mass is 19.1. The lowest BCUT2D eigenvalue weighted by atomic mass is 10.0. The lowest BCUT2D eigenvalue weighted by molar-refractivity contribution is -0.124. The fourth-order valence-electron chi connectivity index (χ4n) is 2.56. The smallest absolute Gasteiger partial charge is 0.223 e. The monoisotopic (exact) mass is 293 g/mol. The van der Waals surface area contributed by atoms with Gasteiger partial charge in [0.2, 0.25) is 5.91 Å². The summed E-state index contributed by atoms with van der Waals surface area (Å²) in [6.07, 6.45) is 0.567. The summed E-state index contributed by atoms with van der Waals surface area (Å²) in [5, 5.41) is 6.27. The second-order valence-corrected chi connectivity index (χ2v) is 5.62. The average molecular weight is 293 g/mol. The van der Waals surface area contributed by atoms with E-state index < -0.39 is 0 Å². The fraction of sp³-hybridized carbons (Fsp3) is 0.562. The number of nitrogens with one attached hydrogen (secondary N) is 2. The van der Waals surface area contributed by atoms with Crippen LogP contribution in [0.3, 0.4) is 0 Å². The third-order valence-corrected chi connectivity index (χ3v) is 3.82. The zero-order valence-corrected chi connectivity index (χ0v) is 12.6. The largest absolute Gasteiger partial charge is 0.355 e. The summed E-state index contributed by atoms with van der Waals surface area (Å²) in [4.78, 5) is 14.4. The van der Waals surface area contributed by atoms with Gasteiger partial charge in [-0.05, 0) is 24.1 Å². The van der Waals surface area contributed by atoms with E-state index in [-0.39, 0.29) is 17.6 Å². The molecule has 5 heteroatoms. The van der Waals surface area contributed by atoms with E-state index in [0.717, 1.165) is 38.3 Å². The number of piperazine rings is 1. The molecular formula is C16H24FN3O. The minimum absolute atomic E-state index is 0.0365. The Labute approximate surface area is 125 Å². The average Bonchev–Trinajstić information content (AvgIpc) is 2.48. The van der Waals surface area contributed by atoms with Crippen molar-refractivity contribution in [1.29, 1.82) is 0 Å². The van der Waals surface area contributed by atoms with Crippen LogP contribution >= 0.6 is 0 Å². The minimum atomic E-state index is -0.251. The van der Waals surface area contributed by atoms with Gasteiger partial charge in [-0.15, -0.1) is 0 Å². The maximum Gasteiger partial charge on any atom is 0.223 e. The Kier molecular flexibility index (Phi) is 6.14. The maximum atomic E-state index is 13.1. The summed E-state index contributed by atoms with van der Waals surface area (Å²) in [5.41, 5.74) is 0.861. The first kappa shape index (κ1) is 15.9. The van der Waals surface area contributed by atoms with Crippen molar-refractivity contribution in [2.24, 2.45) is 5.92 Å². The second kappa shape index (κ2) is 8.10. The Bertz CT molecular complexity index is 461. The van der Waals surface area contributed by atoms with Crippen LogP contribution in [0.4, 0.5) is 4.39 Å². The Morgan fingerprint density at radius 3 is 2.90 bits per heavy atom. The second-order valence-electron chi connectivity index (χ2n) is 5.62. The molecule has 116 valence electrons. The van der Waals surface area contributed by atoms with Crippen molar-refractivity contribution in [2.75, 3.05) is 39.3 Å². The molecular weight excluding hydrogens is 269 g/mol. The van der Waals surface area contributed by atoms with E-state index in [1.165, 1.54) is 12.1 Å². The molecule has 0 radical (unpaired) electrons. The van der Waals surface area contributed by atoms with Gasteiger partial charge in [-0.2, -0.15) is 0 Å². The molecule has 1 saturated heterocycles. The standard InChI is InChI=1S/C16H24FN3O/c1-13(11-14-3-2-4-15(17)12-14)16(21)19-7-10-20-8-5-18-6-9-20/h2-4,12-13,18H,5-11H2,1H3,(H,19,21). The van der Waals surface area contributed by atoms with Crippen LogP contribution in [-0.2, 0) is 11.2 Å². The number of benzene rings is 1.